The van der Waals surface area contributed by atoms with Crippen LogP contribution in [0.4, 0.5) is 0 Å². The normalized spacial score (nSPS) is 11.4. The number of rotatable bonds is 1. The molecular formula is C14H13NO2. The highest BCUT2D eigenvalue weighted by Gasteiger charge is 2.10. The molecule has 0 spiro atoms. The van der Waals surface area contributed by atoms with E-state index in [4.69, 9.17) is 0 Å². The molecule has 0 unspecified atom stereocenters. The average molecular weight is 227 g/mol. The van der Waals surface area contributed by atoms with E-state index in [1.165, 1.54) is 11.6 Å². The van der Waals surface area contributed by atoms with Crippen molar-refractivity contribution in [1.82, 2.24) is 4.98 Å². The molecule has 86 valence electrons. The van der Waals surface area contributed by atoms with E-state index in [9.17, 15) is 10.2 Å². The van der Waals surface area contributed by atoms with Gasteiger partial charge in [-0.3, -0.25) is 0 Å². The molecule has 17 heavy (non-hydrogen) atoms. The third-order valence-corrected chi connectivity index (χ3v) is 3.20. The highest BCUT2D eigenvalue weighted by atomic mass is 16.3. The Morgan fingerprint density at radius 2 is 1.88 bits per heavy atom. The van der Waals surface area contributed by atoms with Crippen LogP contribution < -0.4 is 0 Å². The van der Waals surface area contributed by atoms with Crippen molar-refractivity contribution in [3.8, 4) is 11.5 Å². The Balaban J connectivity index is 2.46. The Morgan fingerprint density at radius 1 is 1.06 bits per heavy atom. The molecule has 0 atom stereocenters. The molecule has 3 nitrogen and oxygen atoms in total. The monoisotopic (exact) mass is 227 g/mol. The van der Waals surface area contributed by atoms with Gasteiger partial charge in [0, 0.05) is 16.3 Å². The molecule has 3 aromatic rings. The van der Waals surface area contributed by atoms with E-state index in [-0.39, 0.29) is 11.5 Å². The number of fused-ring (bicyclic) bond motifs is 3. The summed E-state index contributed by atoms with van der Waals surface area (Å²) in [6, 6.07) is 9.52. The number of aromatic hydroxyl groups is 2. The van der Waals surface area contributed by atoms with Crippen molar-refractivity contribution in [1.29, 1.82) is 0 Å². The second kappa shape index (κ2) is 3.42. The van der Waals surface area contributed by atoms with Crippen molar-refractivity contribution >= 4 is 21.8 Å². The Kier molecular flexibility index (Phi) is 2.01. The van der Waals surface area contributed by atoms with Gasteiger partial charge in [0.15, 0.2) is 11.5 Å². The number of aromatic amines is 1. The average Bonchev–Trinajstić information content (AvgIpc) is 2.72. The first-order valence-corrected chi connectivity index (χ1v) is 5.66. The summed E-state index contributed by atoms with van der Waals surface area (Å²) in [7, 11) is 0. The Labute approximate surface area is 98.3 Å². The molecule has 3 heteroatoms. The molecule has 0 aliphatic rings. The van der Waals surface area contributed by atoms with Gasteiger partial charge >= 0.3 is 0 Å². The van der Waals surface area contributed by atoms with Crippen LogP contribution in [0.15, 0.2) is 30.3 Å². The van der Waals surface area contributed by atoms with Gasteiger partial charge in [0.2, 0.25) is 0 Å². The molecule has 2 aromatic carbocycles. The van der Waals surface area contributed by atoms with Crippen LogP contribution in [0.5, 0.6) is 11.5 Å². The van der Waals surface area contributed by atoms with E-state index in [1.807, 2.05) is 12.1 Å². The van der Waals surface area contributed by atoms with Gasteiger partial charge in [0.1, 0.15) is 0 Å². The van der Waals surface area contributed by atoms with Crippen LogP contribution >= 0.6 is 0 Å². The molecule has 0 bridgehead atoms. The number of nitrogens with one attached hydrogen (secondary N) is 1. The van der Waals surface area contributed by atoms with Crippen molar-refractivity contribution in [3.63, 3.8) is 0 Å². The summed E-state index contributed by atoms with van der Waals surface area (Å²) in [6.45, 7) is 2.11. The Morgan fingerprint density at radius 3 is 2.65 bits per heavy atom. The molecular weight excluding hydrogens is 214 g/mol. The summed E-state index contributed by atoms with van der Waals surface area (Å²) >= 11 is 0. The lowest BCUT2D eigenvalue weighted by molar-refractivity contribution is 0.407. The van der Waals surface area contributed by atoms with Crippen LogP contribution in [0.3, 0.4) is 0 Å². The third kappa shape index (κ3) is 1.35. The predicted octanol–water partition coefficient (Wildman–Crippen LogP) is 3.29. The summed E-state index contributed by atoms with van der Waals surface area (Å²) in [5, 5.41) is 21.3. The molecule has 0 aliphatic heterocycles. The lowest BCUT2D eigenvalue weighted by atomic mass is 10.1. The molecule has 0 radical (unpaired) electrons. The summed E-state index contributed by atoms with van der Waals surface area (Å²) in [4.78, 5) is 3.13. The van der Waals surface area contributed by atoms with Crippen molar-refractivity contribution < 1.29 is 10.2 Å². The molecule has 3 N–H and O–H groups in total. The van der Waals surface area contributed by atoms with E-state index in [1.54, 1.807) is 0 Å². The van der Waals surface area contributed by atoms with Crippen molar-refractivity contribution in [2.24, 2.45) is 0 Å². The molecule has 0 amide bonds. The van der Waals surface area contributed by atoms with Gasteiger partial charge in [-0.25, -0.2) is 0 Å². The van der Waals surface area contributed by atoms with E-state index in [2.05, 4.69) is 24.0 Å². The molecule has 1 heterocycles. The first-order valence-electron chi connectivity index (χ1n) is 5.66. The zero-order valence-corrected chi connectivity index (χ0v) is 9.49. The summed E-state index contributed by atoms with van der Waals surface area (Å²) < 4.78 is 0. The molecule has 0 saturated heterocycles. The van der Waals surface area contributed by atoms with E-state index >= 15 is 0 Å². The fourth-order valence-corrected chi connectivity index (χ4v) is 2.21. The van der Waals surface area contributed by atoms with Crippen LogP contribution in [-0.4, -0.2) is 15.2 Å². The SMILES string of the molecule is CCc1ccc2[nH]c3c(O)c(O)ccc3c2c1. The number of aryl methyl sites for hydroxylation is 1. The number of hydrogen-bond acceptors (Lipinski definition) is 2. The number of phenolic OH excluding ortho intramolecular Hbond substituents is 2. The highest BCUT2D eigenvalue weighted by molar-refractivity contribution is 6.09. The molecule has 0 saturated carbocycles. The van der Waals surface area contributed by atoms with Crippen LogP contribution in [0.2, 0.25) is 0 Å². The standard InChI is InChI=1S/C14H13NO2/c1-2-8-3-5-11-10(7-8)9-4-6-12(16)14(17)13(9)15-11/h3-7,15-17H,2H2,1H3. The third-order valence-electron chi connectivity index (χ3n) is 3.20. The van der Waals surface area contributed by atoms with Crippen LogP contribution in [0.25, 0.3) is 21.8 Å². The maximum Gasteiger partial charge on any atom is 0.182 e. The van der Waals surface area contributed by atoms with Gasteiger partial charge < -0.3 is 15.2 Å². The lowest BCUT2D eigenvalue weighted by Gasteiger charge is -1.98. The quantitative estimate of drug-likeness (QED) is 0.559. The topological polar surface area (TPSA) is 56.2 Å². The fourth-order valence-electron chi connectivity index (χ4n) is 2.21. The largest absolute Gasteiger partial charge is 0.504 e. The maximum atomic E-state index is 9.80. The summed E-state index contributed by atoms with van der Waals surface area (Å²) in [5.41, 5.74) is 2.82. The molecule has 0 fully saturated rings. The Hall–Kier alpha value is -2.16. The van der Waals surface area contributed by atoms with Crippen LogP contribution in [0, 0.1) is 0 Å². The minimum Gasteiger partial charge on any atom is -0.504 e. The first kappa shape index (κ1) is 10.0. The minimum atomic E-state index is -0.0974. The van der Waals surface area contributed by atoms with Crippen molar-refractivity contribution in [2.45, 2.75) is 13.3 Å². The van der Waals surface area contributed by atoms with Crippen LogP contribution in [0.1, 0.15) is 12.5 Å². The van der Waals surface area contributed by atoms with E-state index in [0.717, 1.165) is 22.7 Å². The van der Waals surface area contributed by atoms with Gasteiger partial charge in [0.05, 0.1) is 5.52 Å². The molecule has 0 aliphatic carbocycles. The first-order chi connectivity index (χ1) is 8.20. The maximum absolute atomic E-state index is 9.80. The molecule has 1 aromatic heterocycles. The second-order valence-electron chi connectivity index (χ2n) is 4.21. The number of aromatic nitrogens is 1. The summed E-state index contributed by atoms with van der Waals surface area (Å²) in [5.74, 6) is -0.184. The molecule has 3 rings (SSSR count). The van der Waals surface area contributed by atoms with Crippen LogP contribution in [-0.2, 0) is 6.42 Å². The summed E-state index contributed by atoms with van der Waals surface area (Å²) in [6.07, 6.45) is 0.979. The van der Waals surface area contributed by atoms with E-state index in [0.29, 0.717) is 5.52 Å². The zero-order chi connectivity index (χ0) is 12.0. The van der Waals surface area contributed by atoms with Gasteiger partial charge in [-0.15, -0.1) is 0 Å². The number of hydrogen-bond donors (Lipinski definition) is 3. The second-order valence-corrected chi connectivity index (χ2v) is 4.21. The number of H-pyrrole nitrogens is 1. The zero-order valence-electron chi connectivity index (χ0n) is 9.49. The smallest absolute Gasteiger partial charge is 0.182 e. The fraction of sp³-hybridized carbons (Fsp3) is 0.143. The number of phenols is 2. The van der Waals surface area contributed by atoms with Crippen molar-refractivity contribution in [2.75, 3.05) is 0 Å². The van der Waals surface area contributed by atoms with Gasteiger partial charge in [-0.1, -0.05) is 13.0 Å². The minimum absolute atomic E-state index is 0.0863. The van der Waals surface area contributed by atoms with E-state index < -0.39 is 0 Å². The van der Waals surface area contributed by atoms with Gasteiger partial charge in [-0.2, -0.15) is 0 Å². The Bertz CT molecular complexity index is 713. The number of benzene rings is 2. The highest BCUT2D eigenvalue weighted by Crippen LogP contribution is 2.37. The van der Waals surface area contributed by atoms with Gasteiger partial charge in [-0.05, 0) is 36.2 Å². The predicted molar refractivity (Wildman–Crippen MR) is 68.5 cm³/mol. The van der Waals surface area contributed by atoms with Crippen molar-refractivity contribution in [3.05, 3.63) is 35.9 Å². The van der Waals surface area contributed by atoms with Gasteiger partial charge in [0.25, 0.3) is 0 Å². The lowest BCUT2D eigenvalue weighted by Crippen LogP contribution is -1.77.